The second-order valence-corrected chi connectivity index (χ2v) is 3.06. The number of benzene rings is 1. The quantitative estimate of drug-likeness (QED) is 0.768. The first-order valence-electron chi connectivity index (χ1n) is 4.46. The maximum absolute atomic E-state index is 13.3. The van der Waals surface area contributed by atoms with Gasteiger partial charge in [-0.05, 0) is 32.3 Å². The van der Waals surface area contributed by atoms with E-state index in [2.05, 4.69) is 10.6 Å². The van der Waals surface area contributed by atoms with Gasteiger partial charge in [0.1, 0.15) is 11.6 Å². The molecule has 0 heterocycles. The van der Waals surface area contributed by atoms with Gasteiger partial charge >= 0.3 is 0 Å². The SMILES string of the molecule is CNCC(NC)c1cc(F)ccc1F. The van der Waals surface area contributed by atoms with E-state index in [4.69, 9.17) is 0 Å². The lowest BCUT2D eigenvalue weighted by atomic mass is 10.1. The molecule has 0 aliphatic rings. The topological polar surface area (TPSA) is 24.1 Å². The van der Waals surface area contributed by atoms with E-state index >= 15 is 0 Å². The normalized spacial score (nSPS) is 12.9. The van der Waals surface area contributed by atoms with Gasteiger partial charge in [0.05, 0.1) is 0 Å². The van der Waals surface area contributed by atoms with Gasteiger partial charge in [0.2, 0.25) is 0 Å². The molecule has 1 atom stereocenters. The molecule has 4 heteroatoms. The molecule has 14 heavy (non-hydrogen) atoms. The molecular weight excluding hydrogens is 186 g/mol. The van der Waals surface area contributed by atoms with Crippen LogP contribution in [0, 0.1) is 11.6 Å². The van der Waals surface area contributed by atoms with Crippen molar-refractivity contribution in [2.75, 3.05) is 20.6 Å². The van der Waals surface area contributed by atoms with Crippen LogP contribution in [-0.2, 0) is 0 Å². The molecular formula is C10H14F2N2. The van der Waals surface area contributed by atoms with E-state index < -0.39 is 5.82 Å². The van der Waals surface area contributed by atoms with Crippen molar-refractivity contribution in [2.45, 2.75) is 6.04 Å². The van der Waals surface area contributed by atoms with Gasteiger partial charge in [-0.15, -0.1) is 0 Å². The van der Waals surface area contributed by atoms with Gasteiger partial charge in [-0.1, -0.05) is 0 Å². The Kier molecular flexibility index (Phi) is 3.98. The van der Waals surface area contributed by atoms with E-state index in [1.807, 2.05) is 0 Å². The molecule has 1 unspecified atom stereocenters. The number of halogens is 2. The standard InChI is InChI=1S/C10H14F2N2/c1-13-6-10(14-2)8-5-7(11)3-4-9(8)12/h3-5,10,13-14H,6H2,1-2H3. The van der Waals surface area contributed by atoms with E-state index in [0.717, 1.165) is 12.1 Å². The lowest BCUT2D eigenvalue weighted by Crippen LogP contribution is -2.28. The van der Waals surface area contributed by atoms with Gasteiger partial charge in [0.15, 0.2) is 0 Å². The monoisotopic (exact) mass is 200 g/mol. The lowest BCUT2D eigenvalue weighted by Gasteiger charge is -2.16. The molecule has 1 aromatic rings. The Morgan fingerprint density at radius 1 is 1.29 bits per heavy atom. The van der Waals surface area contributed by atoms with Gasteiger partial charge in [-0.3, -0.25) is 0 Å². The van der Waals surface area contributed by atoms with Crippen LogP contribution in [0.1, 0.15) is 11.6 Å². The molecule has 0 aliphatic heterocycles. The minimum absolute atomic E-state index is 0.212. The molecule has 0 bridgehead atoms. The summed E-state index contributed by atoms with van der Waals surface area (Å²) in [4.78, 5) is 0. The summed E-state index contributed by atoms with van der Waals surface area (Å²) in [6.07, 6.45) is 0. The first-order chi connectivity index (χ1) is 6.69. The van der Waals surface area contributed by atoms with Crippen LogP contribution in [0.4, 0.5) is 8.78 Å². The Labute approximate surface area is 82.3 Å². The zero-order valence-electron chi connectivity index (χ0n) is 8.27. The third-order valence-corrected chi connectivity index (χ3v) is 2.09. The molecule has 0 fully saturated rings. The average molecular weight is 200 g/mol. The lowest BCUT2D eigenvalue weighted by molar-refractivity contribution is 0.508. The van der Waals surface area contributed by atoms with Gasteiger partial charge in [0.25, 0.3) is 0 Å². The third-order valence-electron chi connectivity index (χ3n) is 2.09. The third kappa shape index (κ3) is 2.49. The Balaban J connectivity index is 2.96. The molecule has 1 aromatic carbocycles. The first kappa shape index (κ1) is 11.1. The highest BCUT2D eigenvalue weighted by molar-refractivity contribution is 5.22. The summed E-state index contributed by atoms with van der Waals surface area (Å²) in [6.45, 7) is 0.552. The highest BCUT2D eigenvalue weighted by Gasteiger charge is 2.13. The van der Waals surface area contributed by atoms with Crippen molar-refractivity contribution in [2.24, 2.45) is 0 Å². The van der Waals surface area contributed by atoms with Gasteiger partial charge in [0, 0.05) is 18.2 Å². The molecule has 0 aromatic heterocycles. The van der Waals surface area contributed by atoms with Gasteiger partial charge in [-0.25, -0.2) is 8.78 Å². The fraction of sp³-hybridized carbons (Fsp3) is 0.400. The predicted molar refractivity (Wildman–Crippen MR) is 52.1 cm³/mol. The highest BCUT2D eigenvalue weighted by atomic mass is 19.1. The van der Waals surface area contributed by atoms with Crippen LogP contribution < -0.4 is 10.6 Å². The highest BCUT2D eigenvalue weighted by Crippen LogP contribution is 2.17. The zero-order chi connectivity index (χ0) is 10.6. The summed E-state index contributed by atoms with van der Waals surface area (Å²) in [5.41, 5.74) is 0.349. The van der Waals surface area contributed by atoms with Crippen LogP contribution in [0.3, 0.4) is 0 Å². The number of hydrogen-bond donors (Lipinski definition) is 2. The van der Waals surface area contributed by atoms with Crippen molar-refractivity contribution in [1.82, 2.24) is 10.6 Å². The molecule has 2 nitrogen and oxygen atoms in total. The summed E-state index contributed by atoms with van der Waals surface area (Å²) < 4.78 is 26.2. The molecule has 0 saturated heterocycles. The summed E-state index contributed by atoms with van der Waals surface area (Å²) in [6, 6.07) is 3.26. The van der Waals surface area contributed by atoms with Crippen molar-refractivity contribution in [3.05, 3.63) is 35.4 Å². The fourth-order valence-electron chi connectivity index (χ4n) is 1.35. The maximum Gasteiger partial charge on any atom is 0.128 e. The van der Waals surface area contributed by atoms with E-state index in [0.29, 0.717) is 12.1 Å². The van der Waals surface area contributed by atoms with Crippen molar-refractivity contribution < 1.29 is 8.78 Å². The van der Waals surface area contributed by atoms with E-state index in [-0.39, 0.29) is 11.9 Å². The van der Waals surface area contributed by atoms with Crippen LogP contribution in [0.2, 0.25) is 0 Å². The zero-order valence-corrected chi connectivity index (χ0v) is 8.27. The Morgan fingerprint density at radius 2 is 2.00 bits per heavy atom. The summed E-state index contributed by atoms with van der Waals surface area (Å²) in [7, 11) is 3.48. The minimum Gasteiger partial charge on any atom is -0.318 e. The maximum atomic E-state index is 13.3. The van der Waals surface area contributed by atoms with Crippen molar-refractivity contribution in [3.8, 4) is 0 Å². The number of likely N-dealkylation sites (N-methyl/N-ethyl adjacent to an activating group) is 2. The van der Waals surface area contributed by atoms with E-state index in [9.17, 15) is 8.78 Å². The largest absolute Gasteiger partial charge is 0.318 e. The predicted octanol–water partition coefficient (Wildman–Crippen LogP) is 1.44. The van der Waals surface area contributed by atoms with Gasteiger partial charge < -0.3 is 10.6 Å². The summed E-state index contributed by atoms with van der Waals surface area (Å²) in [5, 5.41) is 5.83. The Hall–Kier alpha value is -1.00. The van der Waals surface area contributed by atoms with Crippen molar-refractivity contribution in [1.29, 1.82) is 0 Å². The van der Waals surface area contributed by atoms with Crippen LogP contribution in [0.5, 0.6) is 0 Å². The molecule has 0 saturated carbocycles. The number of nitrogens with one attached hydrogen (secondary N) is 2. The van der Waals surface area contributed by atoms with E-state index in [1.54, 1.807) is 14.1 Å². The van der Waals surface area contributed by atoms with Gasteiger partial charge in [-0.2, -0.15) is 0 Å². The summed E-state index contributed by atoms with van der Waals surface area (Å²) in [5.74, 6) is -0.807. The second kappa shape index (κ2) is 5.02. The molecule has 0 radical (unpaired) electrons. The van der Waals surface area contributed by atoms with Crippen LogP contribution in [0.25, 0.3) is 0 Å². The minimum atomic E-state index is -0.419. The molecule has 0 aliphatic carbocycles. The molecule has 1 rings (SSSR count). The summed E-state index contributed by atoms with van der Waals surface area (Å²) >= 11 is 0. The van der Waals surface area contributed by atoms with Crippen molar-refractivity contribution >= 4 is 0 Å². The first-order valence-corrected chi connectivity index (χ1v) is 4.46. The van der Waals surface area contributed by atoms with Crippen LogP contribution >= 0.6 is 0 Å². The number of rotatable bonds is 4. The smallest absolute Gasteiger partial charge is 0.128 e. The molecule has 78 valence electrons. The average Bonchev–Trinajstić information content (AvgIpc) is 2.18. The Morgan fingerprint density at radius 3 is 2.57 bits per heavy atom. The van der Waals surface area contributed by atoms with Crippen LogP contribution in [-0.4, -0.2) is 20.6 Å². The van der Waals surface area contributed by atoms with Crippen LogP contribution in [0.15, 0.2) is 18.2 Å². The van der Waals surface area contributed by atoms with E-state index in [1.165, 1.54) is 6.07 Å². The van der Waals surface area contributed by atoms with Crippen molar-refractivity contribution in [3.63, 3.8) is 0 Å². The fourth-order valence-corrected chi connectivity index (χ4v) is 1.35. The molecule has 0 amide bonds. The number of hydrogen-bond acceptors (Lipinski definition) is 2. The Bertz CT molecular complexity index is 302. The molecule has 2 N–H and O–H groups in total. The second-order valence-electron chi connectivity index (χ2n) is 3.06. The molecule has 0 spiro atoms.